The lowest BCUT2D eigenvalue weighted by Gasteiger charge is -2.32. The molecule has 9 heteroatoms. The number of ether oxygens (including phenoxy) is 1. The maximum absolute atomic E-state index is 13.2. The van der Waals surface area contributed by atoms with E-state index < -0.39 is 5.97 Å². The van der Waals surface area contributed by atoms with E-state index in [4.69, 9.17) is 32.9 Å². The molecule has 2 aliphatic rings. The van der Waals surface area contributed by atoms with E-state index in [2.05, 4.69) is 16.7 Å². The number of benzene rings is 2. The zero-order valence-corrected chi connectivity index (χ0v) is 21.2. The molecule has 0 atom stereocenters. The fourth-order valence-corrected chi connectivity index (χ4v) is 5.32. The van der Waals surface area contributed by atoms with E-state index in [9.17, 15) is 14.7 Å². The van der Waals surface area contributed by atoms with Gasteiger partial charge in [-0.1, -0.05) is 41.4 Å². The molecule has 1 saturated heterocycles. The third-order valence-electron chi connectivity index (χ3n) is 6.84. The van der Waals surface area contributed by atoms with Crippen molar-refractivity contribution in [3.63, 3.8) is 0 Å². The standard InChI is InChI=1S/C27H25Cl2N3O4/c1-36-18-6-4-5-17(13-18)24-23-7-2-3-10-32(23)25(30-24)16-8-11-31(12-9-16)26(33)19-14-21(28)22(29)15-20(19)27(34)35/h2,4-7,13-16H,3,8-12H2,1H3,(H,34,35). The van der Waals surface area contributed by atoms with Crippen molar-refractivity contribution in [1.29, 1.82) is 0 Å². The first-order valence-electron chi connectivity index (χ1n) is 11.8. The molecule has 0 radical (unpaired) electrons. The van der Waals surface area contributed by atoms with Crippen molar-refractivity contribution < 1.29 is 19.4 Å². The van der Waals surface area contributed by atoms with Gasteiger partial charge < -0.3 is 19.3 Å². The first kappa shape index (κ1) is 24.4. The zero-order valence-electron chi connectivity index (χ0n) is 19.7. The highest BCUT2D eigenvalue weighted by Gasteiger charge is 2.31. The smallest absolute Gasteiger partial charge is 0.336 e. The zero-order chi connectivity index (χ0) is 25.4. The van der Waals surface area contributed by atoms with Crippen molar-refractivity contribution in [2.75, 3.05) is 20.2 Å². The summed E-state index contributed by atoms with van der Waals surface area (Å²) in [5.74, 6) is 0.431. The van der Waals surface area contributed by atoms with Crippen molar-refractivity contribution in [2.45, 2.75) is 31.7 Å². The first-order chi connectivity index (χ1) is 17.4. The predicted octanol–water partition coefficient (Wildman–Crippen LogP) is 6.00. The molecule has 3 aromatic rings. The highest BCUT2D eigenvalue weighted by Crippen LogP contribution is 2.36. The minimum absolute atomic E-state index is 0.0546. The van der Waals surface area contributed by atoms with E-state index in [-0.39, 0.29) is 33.0 Å². The Morgan fingerprint density at radius 2 is 1.78 bits per heavy atom. The molecule has 36 heavy (non-hydrogen) atoms. The molecule has 1 aromatic heterocycles. The number of allylic oxidation sites excluding steroid dienone is 1. The summed E-state index contributed by atoms with van der Waals surface area (Å²) >= 11 is 12.1. The number of carbonyl (C=O) groups is 2. The summed E-state index contributed by atoms with van der Waals surface area (Å²) in [6, 6.07) is 10.5. The van der Waals surface area contributed by atoms with Gasteiger partial charge in [-0.05, 0) is 49.6 Å². The Labute approximate surface area is 218 Å². The molecule has 3 heterocycles. The number of carboxylic acids is 1. The summed E-state index contributed by atoms with van der Waals surface area (Å²) < 4.78 is 7.70. The van der Waals surface area contributed by atoms with Crippen LogP contribution in [0.1, 0.15) is 57.4 Å². The van der Waals surface area contributed by atoms with Gasteiger partial charge in [0.2, 0.25) is 0 Å². The van der Waals surface area contributed by atoms with Gasteiger partial charge in [0.25, 0.3) is 5.91 Å². The predicted molar refractivity (Wildman–Crippen MR) is 139 cm³/mol. The maximum atomic E-state index is 13.2. The fraction of sp³-hybridized carbons (Fsp3) is 0.296. The third kappa shape index (κ3) is 4.49. The van der Waals surface area contributed by atoms with Gasteiger partial charge in [-0.2, -0.15) is 0 Å². The molecule has 2 aliphatic heterocycles. The van der Waals surface area contributed by atoms with Crippen LogP contribution in [-0.4, -0.2) is 51.6 Å². The van der Waals surface area contributed by atoms with Crippen molar-refractivity contribution in [3.8, 4) is 17.0 Å². The number of aromatic carboxylic acids is 1. The number of hydrogen-bond donors (Lipinski definition) is 1. The number of rotatable bonds is 5. The molecule has 7 nitrogen and oxygen atoms in total. The lowest BCUT2D eigenvalue weighted by molar-refractivity contribution is 0.0661. The number of carbonyl (C=O) groups excluding carboxylic acids is 1. The summed E-state index contributed by atoms with van der Waals surface area (Å²) in [4.78, 5) is 31.7. The van der Waals surface area contributed by atoms with Crippen LogP contribution in [0, 0.1) is 0 Å². The van der Waals surface area contributed by atoms with Crippen LogP contribution >= 0.6 is 23.2 Å². The Morgan fingerprint density at radius 1 is 1.06 bits per heavy atom. The number of amides is 1. The molecule has 2 aromatic carbocycles. The number of piperidine rings is 1. The minimum atomic E-state index is -1.21. The molecule has 0 aliphatic carbocycles. The molecule has 1 fully saturated rings. The molecular formula is C27H25Cl2N3O4. The molecule has 1 amide bonds. The van der Waals surface area contributed by atoms with E-state index in [1.165, 1.54) is 12.1 Å². The van der Waals surface area contributed by atoms with Gasteiger partial charge in [-0.3, -0.25) is 4.79 Å². The van der Waals surface area contributed by atoms with Gasteiger partial charge in [0.15, 0.2) is 0 Å². The number of nitrogens with zero attached hydrogens (tertiary/aromatic N) is 3. The van der Waals surface area contributed by atoms with E-state index in [0.717, 1.165) is 54.3 Å². The molecule has 5 rings (SSSR count). The second-order valence-corrected chi connectivity index (χ2v) is 9.78. The first-order valence-corrected chi connectivity index (χ1v) is 12.6. The van der Waals surface area contributed by atoms with Crippen LogP contribution in [0.15, 0.2) is 42.5 Å². The number of carboxylic acid groups (broad SMARTS) is 1. The largest absolute Gasteiger partial charge is 0.497 e. The van der Waals surface area contributed by atoms with Gasteiger partial charge in [-0.25, -0.2) is 9.78 Å². The number of aromatic nitrogens is 2. The van der Waals surface area contributed by atoms with Crippen molar-refractivity contribution in [2.24, 2.45) is 0 Å². The number of likely N-dealkylation sites (tertiary alicyclic amines) is 1. The van der Waals surface area contributed by atoms with Crippen LogP contribution in [0.5, 0.6) is 5.75 Å². The fourth-order valence-electron chi connectivity index (χ4n) is 4.99. The highest BCUT2D eigenvalue weighted by molar-refractivity contribution is 6.42. The van der Waals surface area contributed by atoms with E-state index in [1.807, 2.05) is 24.3 Å². The van der Waals surface area contributed by atoms with Gasteiger partial charge in [0.1, 0.15) is 11.6 Å². The Kier molecular flexibility index (Phi) is 6.77. The second-order valence-electron chi connectivity index (χ2n) is 8.96. The minimum Gasteiger partial charge on any atom is -0.497 e. The van der Waals surface area contributed by atoms with Gasteiger partial charge in [-0.15, -0.1) is 0 Å². The average molecular weight is 526 g/mol. The van der Waals surface area contributed by atoms with Gasteiger partial charge in [0, 0.05) is 31.1 Å². The Balaban J connectivity index is 1.39. The third-order valence-corrected chi connectivity index (χ3v) is 7.57. The SMILES string of the molecule is COc1cccc(-c2nc(C3CCN(C(=O)c4cc(Cl)c(Cl)cc4C(=O)O)CC3)n3c2C=CCC3)c1. The van der Waals surface area contributed by atoms with E-state index in [0.29, 0.717) is 13.1 Å². The molecule has 0 unspecified atom stereocenters. The monoisotopic (exact) mass is 525 g/mol. The van der Waals surface area contributed by atoms with E-state index in [1.54, 1.807) is 12.0 Å². The topological polar surface area (TPSA) is 84.7 Å². The average Bonchev–Trinajstić information content (AvgIpc) is 3.29. The van der Waals surface area contributed by atoms with Crippen molar-refractivity contribution in [3.05, 3.63) is 75.2 Å². The van der Waals surface area contributed by atoms with Crippen molar-refractivity contribution in [1.82, 2.24) is 14.5 Å². The van der Waals surface area contributed by atoms with Crippen LogP contribution in [0.3, 0.4) is 0 Å². The lowest BCUT2D eigenvalue weighted by atomic mass is 9.94. The molecule has 0 bridgehead atoms. The second kappa shape index (κ2) is 9.99. The Hall–Kier alpha value is -3.29. The van der Waals surface area contributed by atoms with Gasteiger partial charge >= 0.3 is 5.97 Å². The molecular weight excluding hydrogens is 501 g/mol. The molecule has 1 N–H and O–H groups in total. The number of imidazole rings is 1. The number of halogens is 2. The van der Waals surface area contributed by atoms with Crippen LogP contribution in [0.2, 0.25) is 10.0 Å². The summed E-state index contributed by atoms with van der Waals surface area (Å²) in [6.07, 6.45) is 6.70. The summed E-state index contributed by atoms with van der Waals surface area (Å²) in [6.45, 7) is 1.85. The van der Waals surface area contributed by atoms with Crippen molar-refractivity contribution >= 4 is 41.2 Å². The summed E-state index contributed by atoms with van der Waals surface area (Å²) in [5, 5.41) is 9.82. The number of fused-ring (bicyclic) bond motifs is 1. The maximum Gasteiger partial charge on any atom is 0.336 e. The van der Waals surface area contributed by atoms with Crippen LogP contribution in [-0.2, 0) is 6.54 Å². The van der Waals surface area contributed by atoms with Crippen LogP contribution in [0.25, 0.3) is 17.3 Å². The Morgan fingerprint density at radius 3 is 2.47 bits per heavy atom. The van der Waals surface area contributed by atoms with E-state index >= 15 is 0 Å². The lowest BCUT2D eigenvalue weighted by Crippen LogP contribution is -2.39. The van der Waals surface area contributed by atoms with Crippen LogP contribution in [0.4, 0.5) is 0 Å². The molecule has 0 saturated carbocycles. The Bertz CT molecular complexity index is 1370. The normalized spacial score (nSPS) is 15.6. The summed E-state index contributed by atoms with van der Waals surface area (Å²) in [5.41, 5.74) is 2.93. The quantitative estimate of drug-likeness (QED) is 0.441. The molecule has 0 spiro atoms. The number of hydrogen-bond acceptors (Lipinski definition) is 4. The summed E-state index contributed by atoms with van der Waals surface area (Å²) in [7, 11) is 1.65. The number of methoxy groups -OCH3 is 1. The van der Waals surface area contributed by atoms with Crippen LogP contribution < -0.4 is 4.74 Å². The van der Waals surface area contributed by atoms with Gasteiger partial charge in [0.05, 0.1) is 39.7 Å². The highest BCUT2D eigenvalue weighted by atomic mass is 35.5. The molecule has 186 valence electrons.